The lowest BCUT2D eigenvalue weighted by atomic mass is 9.89. The van der Waals surface area contributed by atoms with Gasteiger partial charge in [0, 0.05) is 32.6 Å². The first-order valence-corrected chi connectivity index (χ1v) is 9.31. The van der Waals surface area contributed by atoms with Crippen LogP contribution in [0.1, 0.15) is 36.7 Å². The van der Waals surface area contributed by atoms with Gasteiger partial charge in [-0.25, -0.2) is 4.79 Å². The molecule has 2 unspecified atom stereocenters. The molecule has 2 aliphatic heterocycles. The summed E-state index contributed by atoms with van der Waals surface area (Å²) in [6, 6.07) is 7.27. The Morgan fingerprint density at radius 1 is 1.38 bits per heavy atom. The van der Waals surface area contributed by atoms with Crippen molar-refractivity contribution in [3.05, 3.63) is 35.4 Å². The molecule has 0 radical (unpaired) electrons. The lowest BCUT2D eigenvalue weighted by Crippen LogP contribution is -2.55. The molecule has 0 saturated carbocycles. The normalized spacial score (nSPS) is 26.3. The van der Waals surface area contributed by atoms with Crippen LogP contribution in [0.15, 0.2) is 24.3 Å². The van der Waals surface area contributed by atoms with Gasteiger partial charge in [-0.2, -0.15) is 0 Å². The largest absolute Gasteiger partial charge is 0.445 e. The SMILES string of the molecule is CC(C)CN1CCOC(CNC(=O)C2(C)Cc3ccccc3C(=O)O2)C1. The Morgan fingerprint density at radius 2 is 2.15 bits per heavy atom. The Labute approximate surface area is 154 Å². The Balaban J connectivity index is 1.57. The van der Waals surface area contributed by atoms with Crippen LogP contribution in [0.2, 0.25) is 0 Å². The third-order valence-corrected chi connectivity index (χ3v) is 4.90. The van der Waals surface area contributed by atoms with Crippen LogP contribution < -0.4 is 5.32 Å². The number of carbonyl (C=O) groups excluding carboxylic acids is 2. The zero-order valence-corrected chi connectivity index (χ0v) is 15.8. The molecule has 3 rings (SSSR count). The number of benzene rings is 1. The van der Waals surface area contributed by atoms with Crippen LogP contribution in [0.25, 0.3) is 0 Å². The van der Waals surface area contributed by atoms with E-state index in [1.165, 1.54) is 0 Å². The van der Waals surface area contributed by atoms with Crippen molar-refractivity contribution in [3.63, 3.8) is 0 Å². The zero-order chi connectivity index (χ0) is 18.7. The van der Waals surface area contributed by atoms with Crippen molar-refractivity contribution in [2.24, 2.45) is 5.92 Å². The lowest BCUT2D eigenvalue weighted by molar-refractivity contribution is -0.140. The maximum Gasteiger partial charge on any atom is 0.339 e. The third-order valence-electron chi connectivity index (χ3n) is 4.90. The summed E-state index contributed by atoms with van der Waals surface area (Å²) in [5.41, 5.74) is 0.203. The van der Waals surface area contributed by atoms with Crippen molar-refractivity contribution in [1.82, 2.24) is 10.2 Å². The van der Waals surface area contributed by atoms with Crippen LogP contribution in [0.3, 0.4) is 0 Å². The van der Waals surface area contributed by atoms with E-state index in [2.05, 4.69) is 24.1 Å². The highest BCUT2D eigenvalue weighted by atomic mass is 16.6. The zero-order valence-electron chi connectivity index (χ0n) is 15.8. The quantitative estimate of drug-likeness (QED) is 0.809. The van der Waals surface area contributed by atoms with Gasteiger partial charge in [-0.3, -0.25) is 9.69 Å². The van der Waals surface area contributed by atoms with Crippen LogP contribution in [-0.4, -0.2) is 61.3 Å². The molecule has 0 aromatic heterocycles. The Hall–Kier alpha value is -1.92. The standard InChI is InChI=1S/C20H28N2O4/c1-14(2)12-22-8-9-25-16(13-22)11-21-19(24)20(3)10-15-6-4-5-7-17(15)18(23)26-20/h4-7,14,16H,8-13H2,1-3H3,(H,21,24). The summed E-state index contributed by atoms with van der Waals surface area (Å²) < 4.78 is 11.2. The van der Waals surface area contributed by atoms with Crippen molar-refractivity contribution in [2.45, 2.75) is 38.9 Å². The molecule has 2 heterocycles. The molecule has 1 saturated heterocycles. The fourth-order valence-corrected chi connectivity index (χ4v) is 3.64. The van der Waals surface area contributed by atoms with Gasteiger partial charge in [0.2, 0.25) is 0 Å². The molecule has 1 aromatic carbocycles. The van der Waals surface area contributed by atoms with E-state index in [0.29, 0.717) is 31.1 Å². The minimum Gasteiger partial charge on any atom is -0.445 e. The molecule has 0 bridgehead atoms. The predicted octanol–water partition coefficient (Wildman–Crippen LogP) is 1.63. The van der Waals surface area contributed by atoms with Gasteiger partial charge < -0.3 is 14.8 Å². The molecule has 1 aromatic rings. The summed E-state index contributed by atoms with van der Waals surface area (Å²) in [4.78, 5) is 27.3. The average molecular weight is 360 g/mol. The van der Waals surface area contributed by atoms with Gasteiger partial charge in [-0.05, 0) is 24.5 Å². The lowest BCUT2D eigenvalue weighted by Gasteiger charge is -2.36. The second-order valence-corrected chi connectivity index (χ2v) is 7.81. The fraction of sp³-hybridized carbons (Fsp3) is 0.600. The second kappa shape index (κ2) is 7.76. The van der Waals surface area contributed by atoms with Crippen LogP contribution in [0.4, 0.5) is 0 Å². The van der Waals surface area contributed by atoms with E-state index < -0.39 is 11.6 Å². The van der Waals surface area contributed by atoms with Crippen LogP contribution in [-0.2, 0) is 20.7 Å². The van der Waals surface area contributed by atoms with E-state index in [1.807, 2.05) is 12.1 Å². The number of morpholine rings is 1. The molecule has 6 heteroatoms. The molecule has 0 aliphatic carbocycles. The molecule has 1 amide bonds. The van der Waals surface area contributed by atoms with Crippen molar-refractivity contribution in [1.29, 1.82) is 0 Å². The van der Waals surface area contributed by atoms with Gasteiger partial charge in [-0.1, -0.05) is 32.0 Å². The van der Waals surface area contributed by atoms with E-state index in [4.69, 9.17) is 9.47 Å². The number of hydrogen-bond acceptors (Lipinski definition) is 5. The first-order valence-electron chi connectivity index (χ1n) is 9.31. The Kier molecular flexibility index (Phi) is 5.63. The maximum absolute atomic E-state index is 12.7. The van der Waals surface area contributed by atoms with Gasteiger partial charge in [0.25, 0.3) is 5.91 Å². The minimum absolute atomic E-state index is 0.0402. The molecule has 26 heavy (non-hydrogen) atoms. The van der Waals surface area contributed by atoms with Gasteiger partial charge in [-0.15, -0.1) is 0 Å². The number of rotatable bonds is 5. The monoisotopic (exact) mass is 360 g/mol. The molecule has 1 fully saturated rings. The van der Waals surface area contributed by atoms with Gasteiger partial charge in [0.15, 0.2) is 5.60 Å². The van der Waals surface area contributed by atoms with E-state index >= 15 is 0 Å². The number of esters is 1. The summed E-state index contributed by atoms with van der Waals surface area (Å²) in [5, 5.41) is 2.92. The molecular weight excluding hydrogens is 332 g/mol. The number of cyclic esters (lactones) is 1. The van der Waals surface area contributed by atoms with Crippen molar-refractivity contribution in [3.8, 4) is 0 Å². The smallest absolute Gasteiger partial charge is 0.339 e. The summed E-state index contributed by atoms with van der Waals surface area (Å²) in [6.45, 7) is 9.91. The highest BCUT2D eigenvalue weighted by molar-refractivity contribution is 5.97. The maximum atomic E-state index is 12.7. The van der Waals surface area contributed by atoms with Gasteiger partial charge in [0.05, 0.1) is 18.3 Å². The number of fused-ring (bicyclic) bond motifs is 1. The molecule has 1 N–H and O–H groups in total. The summed E-state index contributed by atoms with van der Waals surface area (Å²) in [6.07, 6.45) is 0.341. The number of nitrogens with one attached hydrogen (secondary N) is 1. The number of hydrogen-bond donors (Lipinski definition) is 1. The topological polar surface area (TPSA) is 67.9 Å². The van der Waals surface area contributed by atoms with Crippen molar-refractivity contribution < 1.29 is 19.1 Å². The van der Waals surface area contributed by atoms with Crippen LogP contribution >= 0.6 is 0 Å². The first-order chi connectivity index (χ1) is 12.4. The summed E-state index contributed by atoms with van der Waals surface area (Å²) in [5.74, 6) is -0.115. The van der Waals surface area contributed by atoms with E-state index in [1.54, 1.807) is 19.1 Å². The van der Waals surface area contributed by atoms with Crippen LogP contribution in [0, 0.1) is 5.92 Å². The average Bonchev–Trinajstić information content (AvgIpc) is 2.59. The van der Waals surface area contributed by atoms with Gasteiger partial charge >= 0.3 is 5.97 Å². The summed E-state index contributed by atoms with van der Waals surface area (Å²) >= 11 is 0. The van der Waals surface area contributed by atoms with E-state index in [-0.39, 0.29) is 12.0 Å². The number of amides is 1. The first kappa shape index (κ1) is 18.9. The summed E-state index contributed by atoms with van der Waals surface area (Å²) in [7, 11) is 0. The molecule has 142 valence electrons. The molecule has 6 nitrogen and oxygen atoms in total. The molecular formula is C20H28N2O4. The predicted molar refractivity (Wildman–Crippen MR) is 98.0 cm³/mol. The fourth-order valence-electron chi connectivity index (χ4n) is 3.64. The Morgan fingerprint density at radius 3 is 2.92 bits per heavy atom. The minimum atomic E-state index is -1.18. The number of carbonyl (C=O) groups is 2. The van der Waals surface area contributed by atoms with Crippen LogP contribution in [0.5, 0.6) is 0 Å². The number of nitrogens with zero attached hydrogens (tertiary/aromatic N) is 1. The highest BCUT2D eigenvalue weighted by Crippen LogP contribution is 2.28. The highest BCUT2D eigenvalue weighted by Gasteiger charge is 2.42. The molecule has 0 spiro atoms. The van der Waals surface area contributed by atoms with Crippen molar-refractivity contribution in [2.75, 3.05) is 32.8 Å². The van der Waals surface area contributed by atoms with E-state index in [0.717, 1.165) is 25.2 Å². The Bertz CT molecular complexity index is 676. The van der Waals surface area contributed by atoms with Crippen molar-refractivity contribution >= 4 is 11.9 Å². The second-order valence-electron chi connectivity index (χ2n) is 7.81. The van der Waals surface area contributed by atoms with Gasteiger partial charge in [0.1, 0.15) is 0 Å². The third kappa shape index (κ3) is 4.24. The number of ether oxygens (including phenoxy) is 2. The van der Waals surface area contributed by atoms with E-state index in [9.17, 15) is 9.59 Å². The molecule has 2 atom stereocenters. The molecule has 2 aliphatic rings.